The lowest BCUT2D eigenvalue weighted by molar-refractivity contribution is -0.128. The molecule has 1 amide bonds. The van der Waals surface area contributed by atoms with Gasteiger partial charge in [0.25, 0.3) is 0 Å². The second-order valence-corrected chi connectivity index (χ2v) is 4.63. The third kappa shape index (κ3) is 2.48. The van der Waals surface area contributed by atoms with E-state index in [1.54, 1.807) is 0 Å². The third-order valence-corrected chi connectivity index (χ3v) is 3.09. The monoisotopic (exact) mass is 210 g/mol. The molecular weight excluding hydrogens is 192 g/mol. The van der Waals surface area contributed by atoms with Crippen LogP contribution in [0, 0.1) is 23.2 Å². The molecule has 4 nitrogen and oxygen atoms in total. The fourth-order valence-electron chi connectivity index (χ4n) is 1.78. The zero-order valence-electron chi connectivity index (χ0n) is 9.29. The first-order chi connectivity index (χ1) is 7.04. The van der Waals surface area contributed by atoms with Gasteiger partial charge >= 0.3 is 0 Å². The molecular formula is C11H18N2O2. The summed E-state index contributed by atoms with van der Waals surface area (Å²) < 4.78 is 0. The van der Waals surface area contributed by atoms with E-state index in [0.717, 1.165) is 19.3 Å². The van der Waals surface area contributed by atoms with Gasteiger partial charge in [-0.15, -0.1) is 0 Å². The smallest absolute Gasteiger partial charge is 0.238 e. The normalized spacial score (nSPS) is 20.2. The Hall–Kier alpha value is -1.08. The Morgan fingerprint density at radius 3 is 2.47 bits per heavy atom. The average molecular weight is 210 g/mol. The number of nitrogens with one attached hydrogen (secondary N) is 1. The summed E-state index contributed by atoms with van der Waals surface area (Å²) in [6.07, 6.45) is 2.65. The zero-order chi connectivity index (χ0) is 11.5. The summed E-state index contributed by atoms with van der Waals surface area (Å²) in [6, 6.07) is 2.00. The summed E-state index contributed by atoms with van der Waals surface area (Å²) in [5, 5.41) is 20.8. The van der Waals surface area contributed by atoms with Crippen molar-refractivity contribution in [2.45, 2.75) is 38.6 Å². The first-order valence-electron chi connectivity index (χ1n) is 5.37. The number of carbonyl (C=O) groups excluding carboxylic acids is 1. The lowest BCUT2D eigenvalue weighted by Gasteiger charge is -2.41. The highest BCUT2D eigenvalue weighted by molar-refractivity contribution is 5.82. The first kappa shape index (κ1) is 12.0. The van der Waals surface area contributed by atoms with Crippen molar-refractivity contribution >= 4 is 5.91 Å². The fraction of sp³-hybridized carbons (Fsp3) is 0.818. The Morgan fingerprint density at radius 1 is 1.60 bits per heavy atom. The van der Waals surface area contributed by atoms with Gasteiger partial charge in [0.05, 0.1) is 18.2 Å². The van der Waals surface area contributed by atoms with Crippen LogP contribution in [0.1, 0.15) is 33.1 Å². The molecule has 0 radical (unpaired) electrons. The van der Waals surface area contributed by atoms with Crippen molar-refractivity contribution in [3.05, 3.63) is 0 Å². The number of aliphatic hydroxyl groups is 1. The van der Waals surface area contributed by atoms with Crippen molar-refractivity contribution < 1.29 is 9.90 Å². The number of aliphatic hydroxyl groups excluding tert-OH is 1. The number of amides is 1. The van der Waals surface area contributed by atoms with E-state index >= 15 is 0 Å². The van der Waals surface area contributed by atoms with E-state index in [9.17, 15) is 9.90 Å². The largest absolute Gasteiger partial charge is 0.394 e. The van der Waals surface area contributed by atoms with Gasteiger partial charge in [-0.1, -0.05) is 13.8 Å². The van der Waals surface area contributed by atoms with Gasteiger partial charge in [0.1, 0.15) is 5.92 Å². The Labute approximate surface area is 90.3 Å². The van der Waals surface area contributed by atoms with Crippen molar-refractivity contribution in [2.24, 2.45) is 11.8 Å². The first-order valence-corrected chi connectivity index (χ1v) is 5.37. The SMILES string of the molecule is CC(C)C(C#N)C(=O)NC1(CO)CCC1. The third-order valence-electron chi connectivity index (χ3n) is 3.09. The number of hydrogen-bond acceptors (Lipinski definition) is 3. The quantitative estimate of drug-likeness (QED) is 0.721. The highest BCUT2D eigenvalue weighted by Crippen LogP contribution is 2.31. The standard InChI is InChI=1S/C11H18N2O2/c1-8(2)9(6-12)10(15)13-11(7-14)4-3-5-11/h8-9,14H,3-5,7H2,1-2H3,(H,13,15). The Kier molecular flexibility index (Phi) is 3.70. The molecule has 0 aromatic carbocycles. The van der Waals surface area contributed by atoms with Crippen LogP contribution in [0.25, 0.3) is 0 Å². The molecule has 1 rings (SSSR count). The molecule has 15 heavy (non-hydrogen) atoms. The maximum Gasteiger partial charge on any atom is 0.238 e. The second kappa shape index (κ2) is 4.63. The summed E-state index contributed by atoms with van der Waals surface area (Å²) in [7, 11) is 0. The lowest BCUT2D eigenvalue weighted by atomic mass is 9.77. The number of nitrogens with zero attached hydrogens (tertiary/aromatic N) is 1. The van der Waals surface area contributed by atoms with Gasteiger partial charge in [-0.05, 0) is 25.2 Å². The molecule has 1 fully saturated rings. The predicted octanol–water partition coefficient (Wildman–Crippen LogP) is 0.813. The molecule has 1 aliphatic rings. The molecule has 1 saturated carbocycles. The summed E-state index contributed by atoms with van der Waals surface area (Å²) >= 11 is 0. The van der Waals surface area contributed by atoms with Gasteiger partial charge in [0.2, 0.25) is 5.91 Å². The summed E-state index contributed by atoms with van der Waals surface area (Å²) in [6.45, 7) is 3.66. The molecule has 84 valence electrons. The van der Waals surface area contributed by atoms with Crippen LogP contribution in [-0.4, -0.2) is 23.2 Å². The molecule has 4 heteroatoms. The number of carbonyl (C=O) groups is 1. The van der Waals surface area contributed by atoms with E-state index in [-0.39, 0.29) is 18.4 Å². The molecule has 0 heterocycles. The van der Waals surface area contributed by atoms with Gasteiger partial charge in [-0.2, -0.15) is 5.26 Å². The molecule has 1 aliphatic carbocycles. The Morgan fingerprint density at radius 2 is 2.20 bits per heavy atom. The molecule has 0 aromatic rings. The minimum Gasteiger partial charge on any atom is -0.394 e. The Bertz CT molecular complexity index is 271. The average Bonchev–Trinajstić information content (AvgIpc) is 2.11. The van der Waals surface area contributed by atoms with Crippen LogP contribution in [0.5, 0.6) is 0 Å². The zero-order valence-corrected chi connectivity index (χ0v) is 9.29. The molecule has 0 bridgehead atoms. The van der Waals surface area contributed by atoms with Crippen molar-refractivity contribution in [2.75, 3.05) is 6.61 Å². The maximum absolute atomic E-state index is 11.7. The number of nitriles is 1. The van der Waals surface area contributed by atoms with E-state index in [1.807, 2.05) is 19.9 Å². The van der Waals surface area contributed by atoms with Gasteiger partial charge in [-0.25, -0.2) is 0 Å². The second-order valence-electron chi connectivity index (χ2n) is 4.63. The Balaban J connectivity index is 2.58. The molecule has 0 saturated heterocycles. The van der Waals surface area contributed by atoms with Crippen LogP contribution in [0.3, 0.4) is 0 Å². The van der Waals surface area contributed by atoms with Gasteiger partial charge in [0.15, 0.2) is 0 Å². The summed E-state index contributed by atoms with van der Waals surface area (Å²) in [4.78, 5) is 11.7. The van der Waals surface area contributed by atoms with Crippen LogP contribution in [0.2, 0.25) is 0 Å². The predicted molar refractivity (Wildman–Crippen MR) is 55.8 cm³/mol. The van der Waals surface area contributed by atoms with E-state index < -0.39 is 11.5 Å². The molecule has 1 unspecified atom stereocenters. The maximum atomic E-state index is 11.7. The highest BCUT2D eigenvalue weighted by Gasteiger charge is 2.39. The number of rotatable bonds is 4. The van der Waals surface area contributed by atoms with E-state index in [0.29, 0.717) is 0 Å². The highest BCUT2D eigenvalue weighted by atomic mass is 16.3. The molecule has 0 aliphatic heterocycles. The minimum atomic E-state index is -0.617. The van der Waals surface area contributed by atoms with Crippen molar-refractivity contribution in [1.29, 1.82) is 5.26 Å². The molecule has 0 spiro atoms. The molecule has 2 N–H and O–H groups in total. The van der Waals surface area contributed by atoms with Gasteiger partial charge < -0.3 is 10.4 Å². The van der Waals surface area contributed by atoms with Gasteiger partial charge in [-0.3, -0.25) is 4.79 Å². The van der Waals surface area contributed by atoms with Crippen molar-refractivity contribution in [3.63, 3.8) is 0 Å². The molecule has 0 aromatic heterocycles. The van der Waals surface area contributed by atoms with Crippen LogP contribution in [0.4, 0.5) is 0 Å². The lowest BCUT2D eigenvalue weighted by Crippen LogP contribution is -2.57. The van der Waals surface area contributed by atoms with E-state index in [1.165, 1.54) is 0 Å². The molecule has 1 atom stereocenters. The summed E-state index contributed by atoms with van der Waals surface area (Å²) in [5.74, 6) is -0.860. The van der Waals surface area contributed by atoms with Crippen molar-refractivity contribution in [1.82, 2.24) is 5.32 Å². The van der Waals surface area contributed by atoms with Crippen LogP contribution >= 0.6 is 0 Å². The van der Waals surface area contributed by atoms with E-state index in [4.69, 9.17) is 5.26 Å². The summed E-state index contributed by atoms with van der Waals surface area (Å²) in [5.41, 5.74) is -0.443. The van der Waals surface area contributed by atoms with Crippen LogP contribution < -0.4 is 5.32 Å². The van der Waals surface area contributed by atoms with Crippen molar-refractivity contribution in [3.8, 4) is 6.07 Å². The van der Waals surface area contributed by atoms with E-state index in [2.05, 4.69) is 5.32 Å². The fourth-order valence-corrected chi connectivity index (χ4v) is 1.78. The minimum absolute atomic E-state index is 0.00539. The number of hydrogen-bond donors (Lipinski definition) is 2. The van der Waals surface area contributed by atoms with Gasteiger partial charge in [0, 0.05) is 0 Å². The van der Waals surface area contributed by atoms with Crippen LogP contribution in [-0.2, 0) is 4.79 Å². The topological polar surface area (TPSA) is 73.1 Å². The van der Waals surface area contributed by atoms with Crippen LogP contribution in [0.15, 0.2) is 0 Å².